The largest absolute Gasteiger partial charge is 0.490 e. The molecule has 180 valence electrons. The van der Waals surface area contributed by atoms with Gasteiger partial charge in [-0.1, -0.05) is 42.5 Å². The van der Waals surface area contributed by atoms with Gasteiger partial charge in [0.1, 0.15) is 24.7 Å². The molecule has 6 nitrogen and oxygen atoms in total. The molecule has 1 fully saturated rings. The summed E-state index contributed by atoms with van der Waals surface area (Å²) in [5, 5.41) is 9.43. The molecular formula is C29H28O6. The molecule has 0 aromatic heterocycles. The van der Waals surface area contributed by atoms with Gasteiger partial charge in [0.2, 0.25) is 5.76 Å². The molecule has 1 N–H and O–H groups in total. The van der Waals surface area contributed by atoms with E-state index in [1.807, 2.05) is 18.2 Å². The summed E-state index contributed by atoms with van der Waals surface area (Å²) in [6.45, 7) is 0.678. The number of ketones is 1. The van der Waals surface area contributed by atoms with Crippen molar-refractivity contribution in [2.24, 2.45) is 0 Å². The summed E-state index contributed by atoms with van der Waals surface area (Å²) in [6, 6.07) is 23.3. The zero-order valence-electron chi connectivity index (χ0n) is 19.4. The van der Waals surface area contributed by atoms with E-state index in [-0.39, 0.29) is 17.6 Å². The quantitative estimate of drug-likeness (QED) is 0.165. The van der Waals surface area contributed by atoms with Gasteiger partial charge in [-0.3, -0.25) is 4.79 Å². The monoisotopic (exact) mass is 472 g/mol. The van der Waals surface area contributed by atoms with Crippen LogP contribution in [0.3, 0.4) is 0 Å². The first-order valence-corrected chi connectivity index (χ1v) is 11.8. The second-order valence-electron chi connectivity index (χ2n) is 8.32. The minimum Gasteiger partial charge on any atom is -0.490 e. The smallest absolute Gasteiger partial charge is 0.371 e. The molecule has 35 heavy (non-hydrogen) atoms. The molecule has 1 aliphatic carbocycles. The second-order valence-corrected chi connectivity index (χ2v) is 8.32. The van der Waals surface area contributed by atoms with E-state index in [0.717, 1.165) is 31.2 Å². The van der Waals surface area contributed by atoms with E-state index < -0.39 is 5.97 Å². The first-order chi connectivity index (χ1) is 17.1. The molecule has 4 rings (SSSR count). The van der Waals surface area contributed by atoms with Crippen LogP contribution in [-0.4, -0.2) is 36.2 Å². The first kappa shape index (κ1) is 24.1. The van der Waals surface area contributed by atoms with Gasteiger partial charge in [0.15, 0.2) is 5.78 Å². The minimum atomic E-state index is -1.06. The van der Waals surface area contributed by atoms with Gasteiger partial charge < -0.3 is 19.3 Å². The molecule has 3 aromatic carbocycles. The fraction of sp³-hybridized carbons (Fsp3) is 0.241. The molecule has 0 bridgehead atoms. The van der Waals surface area contributed by atoms with Gasteiger partial charge in [0.25, 0.3) is 0 Å². The number of carbonyl (C=O) groups is 2. The molecule has 0 aliphatic heterocycles. The molecular weight excluding hydrogens is 444 g/mol. The minimum absolute atomic E-state index is 0.0134. The SMILES string of the molecule is O=C(O)C(=Cc1ccc(OCCOc2ccc(C(=O)c3ccccc3)cc2)cc1)OC1CCCC1. The van der Waals surface area contributed by atoms with Crippen molar-refractivity contribution < 1.29 is 28.9 Å². The molecule has 0 heterocycles. The number of ether oxygens (including phenoxy) is 3. The fourth-order valence-corrected chi connectivity index (χ4v) is 3.92. The molecule has 0 radical (unpaired) electrons. The second kappa shape index (κ2) is 11.9. The van der Waals surface area contributed by atoms with Crippen LogP contribution in [0.25, 0.3) is 6.08 Å². The summed E-state index contributed by atoms with van der Waals surface area (Å²) in [7, 11) is 0. The maximum Gasteiger partial charge on any atom is 0.371 e. The van der Waals surface area contributed by atoms with Gasteiger partial charge in [-0.15, -0.1) is 0 Å². The Morgan fingerprint density at radius 2 is 1.31 bits per heavy atom. The normalized spacial score (nSPS) is 13.9. The summed E-state index contributed by atoms with van der Waals surface area (Å²) in [4.78, 5) is 24.0. The lowest BCUT2D eigenvalue weighted by Gasteiger charge is -2.13. The Hall–Kier alpha value is -4.06. The predicted octanol–water partition coefficient (Wildman–Crippen LogP) is 5.76. The lowest BCUT2D eigenvalue weighted by atomic mass is 10.0. The third-order valence-corrected chi connectivity index (χ3v) is 5.76. The van der Waals surface area contributed by atoms with E-state index >= 15 is 0 Å². The van der Waals surface area contributed by atoms with Crippen LogP contribution in [0.15, 0.2) is 84.6 Å². The Morgan fingerprint density at radius 3 is 1.89 bits per heavy atom. The number of rotatable bonds is 11. The third kappa shape index (κ3) is 6.96. The van der Waals surface area contributed by atoms with Gasteiger partial charge >= 0.3 is 5.97 Å². The summed E-state index contributed by atoms with van der Waals surface area (Å²) in [5.41, 5.74) is 1.99. The van der Waals surface area contributed by atoms with Crippen molar-refractivity contribution in [2.45, 2.75) is 31.8 Å². The molecule has 3 aromatic rings. The fourth-order valence-electron chi connectivity index (χ4n) is 3.92. The van der Waals surface area contributed by atoms with Crippen LogP contribution in [-0.2, 0) is 9.53 Å². The number of aliphatic carboxylic acids is 1. The maximum absolute atomic E-state index is 12.5. The van der Waals surface area contributed by atoms with E-state index in [9.17, 15) is 14.7 Å². The topological polar surface area (TPSA) is 82.1 Å². The standard InChI is InChI=1S/C29H28O6/c30-28(22-6-2-1-3-7-22)23-12-16-25(17-13-23)34-19-18-33-24-14-10-21(11-15-24)20-27(29(31)32)35-26-8-4-5-9-26/h1-3,6-7,10-17,20,26H,4-5,8-9,18-19H2,(H,31,32). The van der Waals surface area contributed by atoms with Crippen LogP contribution < -0.4 is 9.47 Å². The lowest BCUT2D eigenvalue weighted by Crippen LogP contribution is -2.13. The Balaban J connectivity index is 1.23. The summed E-state index contributed by atoms with van der Waals surface area (Å²) >= 11 is 0. The molecule has 0 unspecified atom stereocenters. The maximum atomic E-state index is 12.5. The summed E-state index contributed by atoms with van der Waals surface area (Å²) in [5.74, 6) is 0.187. The van der Waals surface area contributed by atoms with Crippen molar-refractivity contribution >= 4 is 17.8 Å². The Kier molecular flexibility index (Phi) is 8.17. The van der Waals surface area contributed by atoms with Crippen LogP contribution in [0, 0.1) is 0 Å². The predicted molar refractivity (Wildman–Crippen MR) is 133 cm³/mol. The van der Waals surface area contributed by atoms with Crippen molar-refractivity contribution in [3.05, 3.63) is 101 Å². The first-order valence-electron chi connectivity index (χ1n) is 11.8. The number of hydrogen-bond acceptors (Lipinski definition) is 5. The molecule has 0 spiro atoms. The summed E-state index contributed by atoms with van der Waals surface area (Å²) in [6.07, 6.45) is 5.48. The molecule has 6 heteroatoms. The Bertz CT molecular complexity index is 1140. The van der Waals surface area contributed by atoms with Gasteiger partial charge in [-0.05, 0) is 73.7 Å². The van der Waals surface area contributed by atoms with Crippen molar-refractivity contribution in [1.29, 1.82) is 0 Å². The Morgan fingerprint density at radius 1 is 0.771 bits per heavy atom. The van der Waals surface area contributed by atoms with Crippen molar-refractivity contribution in [1.82, 2.24) is 0 Å². The van der Waals surface area contributed by atoms with E-state index in [1.54, 1.807) is 66.7 Å². The average molecular weight is 473 g/mol. The molecule has 1 saturated carbocycles. The number of benzene rings is 3. The van der Waals surface area contributed by atoms with Crippen LogP contribution in [0.5, 0.6) is 11.5 Å². The van der Waals surface area contributed by atoms with Crippen molar-refractivity contribution in [3.63, 3.8) is 0 Å². The molecule has 1 aliphatic rings. The van der Waals surface area contributed by atoms with Gasteiger partial charge in [-0.25, -0.2) is 4.79 Å². The van der Waals surface area contributed by atoms with E-state index in [0.29, 0.717) is 35.8 Å². The summed E-state index contributed by atoms with van der Waals surface area (Å²) < 4.78 is 17.1. The number of carboxylic acid groups (broad SMARTS) is 1. The van der Waals surface area contributed by atoms with Gasteiger partial charge in [0, 0.05) is 11.1 Å². The highest BCUT2D eigenvalue weighted by atomic mass is 16.5. The zero-order chi connectivity index (χ0) is 24.5. The zero-order valence-corrected chi connectivity index (χ0v) is 19.4. The van der Waals surface area contributed by atoms with Gasteiger partial charge in [-0.2, -0.15) is 0 Å². The van der Waals surface area contributed by atoms with Gasteiger partial charge in [0.05, 0.1) is 6.10 Å². The molecule has 0 saturated heterocycles. The van der Waals surface area contributed by atoms with Crippen LogP contribution in [0.1, 0.15) is 47.2 Å². The van der Waals surface area contributed by atoms with E-state index in [4.69, 9.17) is 14.2 Å². The Labute approximate surface area is 204 Å². The van der Waals surface area contributed by atoms with Crippen LogP contribution >= 0.6 is 0 Å². The molecule has 0 amide bonds. The van der Waals surface area contributed by atoms with Crippen LogP contribution in [0.4, 0.5) is 0 Å². The average Bonchev–Trinajstić information content (AvgIpc) is 3.41. The van der Waals surface area contributed by atoms with Crippen molar-refractivity contribution in [2.75, 3.05) is 13.2 Å². The number of carboxylic acids is 1. The molecule has 0 atom stereocenters. The number of hydrogen-bond donors (Lipinski definition) is 1. The highest BCUT2D eigenvalue weighted by Crippen LogP contribution is 2.24. The highest BCUT2D eigenvalue weighted by molar-refractivity contribution is 6.08. The third-order valence-electron chi connectivity index (χ3n) is 5.76. The lowest BCUT2D eigenvalue weighted by molar-refractivity contribution is -0.137. The highest BCUT2D eigenvalue weighted by Gasteiger charge is 2.20. The van der Waals surface area contributed by atoms with Crippen molar-refractivity contribution in [3.8, 4) is 11.5 Å². The van der Waals surface area contributed by atoms with E-state index in [2.05, 4.69) is 0 Å². The van der Waals surface area contributed by atoms with E-state index in [1.165, 1.54) is 0 Å². The van der Waals surface area contributed by atoms with Crippen LogP contribution in [0.2, 0.25) is 0 Å². The number of carbonyl (C=O) groups excluding carboxylic acids is 1.